The molecule has 1 aliphatic heterocycles. The summed E-state index contributed by atoms with van der Waals surface area (Å²) in [5.41, 5.74) is -0.0294. The Bertz CT molecular complexity index is 267. The third-order valence-corrected chi connectivity index (χ3v) is 2.57. The molecule has 1 rings (SSSR count). The van der Waals surface area contributed by atoms with E-state index in [0.717, 1.165) is 0 Å². The number of amides is 1. The van der Waals surface area contributed by atoms with E-state index >= 15 is 0 Å². The molecule has 1 amide bonds. The Morgan fingerprint density at radius 1 is 1.40 bits per heavy atom. The van der Waals surface area contributed by atoms with Gasteiger partial charge in [0.05, 0.1) is 5.92 Å². The van der Waals surface area contributed by atoms with Gasteiger partial charge < -0.3 is 10.0 Å². The molecule has 1 aliphatic rings. The smallest absolute Gasteiger partial charge is 0.308 e. The Balaban J connectivity index is 2.47. The van der Waals surface area contributed by atoms with Gasteiger partial charge in [-0.3, -0.25) is 9.59 Å². The molecule has 0 aromatic rings. The molecule has 1 atom stereocenters. The first-order chi connectivity index (χ1) is 6.79. The van der Waals surface area contributed by atoms with Gasteiger partial charge in [0.25, 0.3) is 0 Å². The molecule has 0 unspecified atom stereocenters. The van der Waals surface area contributed by atoms with E-state index in [1.807, 2.05) is 20.8 Å². The normalized spacial score (nSPS) is 21.8. The first-order valence-electron chi connectivity index (χ1n) is 5.30. The lowest BCUT2D eigenvalue weighted by molar-refractivity contribution is -0.141. The first-order valence-corrected chi connectivity index (χ1v) is 5.30. The van der Waals surface area contributed by atoms with Crippen molar-refractivity contribution in [3.63, 3.8) is 0 Å². The zero-order chi connectivity index (χ0) is 11.6. The van der Waals surface area contributed by atoms with E-state index in [0.29, 0.717) is 25.9 Å². The van der Waals surface area contributed by atoms with Gasteiger partial charge in [-0.15, -0.1) is 0 Å². The minimum atomic E-state index is -0.791. The standard InChI is InChI=1S/C11H19NO3/c1-11(2,3)6-9(13)12-5-4-8(7-12)10(14)15/h8H,4-7H2,1-3H3,(H,14,15)/t8-/m1/s1. The molecule has 15 heavy (non-hydrogen) atoms. The summed E-state index contributed by atoms with van der Waals surface area (Å²) in [5.74, 6) is -1.08. The SMILES string of the molecule is CC(C)(C)CC(=O)N1CC[C@@H](C(=O)O)C1. The van der Waals surface area contributed by atoms with Gasteiger partial charge in [0.15, 0.2) is 0 Å². The van der Waals surface area contributed by atoms with Crippen LogP contribution in [-0.4, -0.2) is 35.0 Å². The minimum Gasteiger partial charge on any atom is -0.481 e. The molecule has 0 saturated carbocycles. The van der Waals surface area contributed by atoms with E-state index in [4.69, 9.17) is 5.11 Å². The molecule has 4 nitrogen and oxygen atoms in total. The molecule has 4 heteroatoms. The fourth-order valence-corrected chi connectivity index (χ4v) is 1.75. The van der Waals surface area contributed by atoms with Crippen molar-refractivity contribution in [2.75, 3.05) is 13.1 Å². The Morgan fingerprint density at radius 2 is 2.00 bits per heavy atom. The number of rotatable bonds is 2. The third kappa shape index (κ3) is 3.53. The van der Waals surface area contributed by atoms with Gasteiger partial charge in [0, 0.05) is 19.5 Å². The lowest BCUT2D eigenvalue weighted by Crippen LogP contribution is -2.32. The predicted molar refractivity (Wildman–Crippen MR) is 56.4 cm³/mol. The fourth-order valence-electron chi connectivity index (χ4n) is 1.75. The summed E-state index contributed by atoms with van der Waals surface area (Å²) in [4.78, 5) is 24.1. The van der Waals surface area contributed by atoms with Gasteiger partial charge in [-0.2, -0.15) is 0 Å². The summed E-state index contributed by atoms with van der Waals surface area (Å²) in [6.45, 7) is 7.00. The maximum Gasteiger partial charge on any atom is 0.308 e. The number of nitrogens with zero attached hydrogens (tertiary/aromatic N) is 1. The number of carboxylic acids is 1. The second kappa shape index (κ2) is 4.21. The number of hydrogen-bond acceptors (Lipinski definition) is 2. The average Bonchev–Trinajstić information content (AvgIpc) is 2.47. The van der Waals surface area contributed by atoms with E-state index in [1.165, 1.54) is 0 Å². The molecule has 1 N–H and O–H groups in total. The van der Waals surface area contributed by atoms with Crippen LogP contribution in [0.1, 0.15) is 33.6 Å². The fraction of sp³-hybridized carbons (Fsp3) is 0.818. The molecule has 86 valence electrons. The summed E-state index contributed by atoms with van der Waals surface area (Å²) < 4.78 is 0. The quantitative estimate of drug-likeness (QED) is 0.753. The number of carbonyl (C=O) groups excluding carboxylic acids is 1. The van der Waals surface area contributed by atoms with Gasteiger partial charge in [-0.05, 0) is 11.8 Å². The van der Waals surface area contributed by atoms with Crippen molar-refractivity contribution in [1.82, 2.24) is 4.90 Å². The van der Waals surface area contributed by atoms with Crippen molar-refractivity contribution in [2.45, 2.75) is 33.6 Å². The second-order valence-corrected chi connectivity index (χ2v) is 5.40. The van der Waals surface area contributed by atoms with E-state index in [2.05, 4.69) is 0 Å². The van der Waals surface area contributed by atoms with Crippen molar-refractivity contribution in [2.24, 2.45) is 11.3 Å². The van der Waals surface area contributed by atoms with Crippen LogP contribution in [0.3, 0.4) is 0 Å². The summed E-state index contributed by atoms with van der Waals surface area (Å²) in [6.07, 6.45) is 1.07. The van der Waals surface area contributed by atoms with Gasteiger partial charge >= 0.3 is 5.97 Å². The van der Waals surface area contributed by atoms with Gasteiger partial charge in [-0.1, -0.05) is 20.8 Å². The summed E-state index contributed by atoms with van der Waals surface area (Å²) in [5, 5.41) is 8.81. The molecular weight excluding hydrogens is 194 g/mol. The van der Waals surface area contributed by atoms with E-state index in [1.54, 1.807) is 4.90 Å². The van der Waals surface area contributed by atoms with Crippen LogP contribution in [0.2, 0.25) is 0 Å². The highest BCUT2D eigenvalue weighted by Crippen LogP contribution is 2.23. The zero-order valence-electron chi connectivity index (χ0n) is 9.62. The van der Waals surface area contributed by atoms with Crippen LogP contribution >= 0.6 is 0 Å². The van der Waals surface area contributed by atoms with E-state index in [9.17, 15) is 9.59 Å². The minimum absolute atomic E-state index is 0.0294. The molecule has 0 spiro atoms. The van der Waals surface area contributed by atoms with Crippen molar-refractivity contribution in [1.29, 1.82) is 0 Å². The van der Waals surface area contributed by atoms with Gasteiger partial charge in [0.1, 0.15) is 0 Å². The lowest BCUT2D eigenvalue weighted by Gasteiger charge is -2.22. The molecule has 0 aromatic heterocycles. The summed E-state index contributed by atoms with van der Waals surface area (Å²) in [7, 11) is 0. The number of carbonyl (C=O) groups is 2. The number of likely N-dealkylation sites (tertiary alicyclic amines) is 1. The second-order valence-electron chi connectivity index (χ2n) is 5.40. The topological polar surface area (TPSA) is 57.6 Å². The average molecular weight is 213 g/mol. The molecule has 0 aliphatic carbocycles. The van der Waals surface area contributed by atoms with Crippen LogP contribution in [0.25, 0.3) is 0 Å². The molecule has 1 fully saturated rings. The molecule has 0 radical (unpaired) electrons. The Hall–Kier alpha value is -1.06. The van der Waals surface area contributed by atoms with Crippen LogP contribution in [0.15, 0.2) is 0 Å². The maximum absolute atomic E-state index is 11.8. The van der Waals surface area contributed by atoms with Crippen LogP contribution in [0, 0.1) is 11.3 Å². The maximum atomic E-state index is 11.8. The Morgan fingerprint density at radius 3 is 2.40 bits per heavy atom. The largest absolute Gasteiger partial charge is 0.481 e. The monoisotopic (exact) mass is 213 g/mol. The summed E-state index contributed by atoms with van der Waals surface area (Å²) >= 11 is 0. The predicted octanol–water partition coefficient (Wildman–Crippen LogP) is 1.36. The van der Waals surface area contributed by atoms with Crippen molar-refractivity contribution in [3.8, 4) is 0 Å². The number of carboxylic acid groups (broad SMARTS) is 1. The number of hydrogen-bond donors (Lipinski definition) is 1. The summed E-state index contributed by atoms with van der Waals surface area (Å²) in [6, 6.07) is 0. The Labute approximate surface area is 90.3 Å². The first kappa shape index (κ1) is 12.0. The Kier molecular flexibility index (Phi) is 3.37. The lowest BCUT2D eigenvalue weighted by atomic mass is 9.92. The van der Waals surface area contributed by atoms with Crippen molar-refractivity contribution >= 4 is 11.9 Å². The van der Waals surface area contributed by atoms with Gasteiger partial charge in [0.2, 0.25) is 5.91 Å². The highest BCUT2D eigenvalue weighted by Gasteiger charge is 2.31. The van der Waals surface area contributed by atoms with Crippen LogP contribution in [-0.2, 0) is 9.59 Å². The third-order valence-electron chi connectivity index (χ3n) is 2.57. The van der Waals surface area contributed by atoms with E-state index in [-0.39, 0.29) is 17.2 Å². The zero-order valence-corrected chi connectivity index (χ0v) is 9.62. The molecule has 1 heterocycles. The van der Waals surface area contributed by atoms with Crippen LogP contribution < -0.4 is 0 Å². The molecular formula is C11H19NO3. The highest BCUT2D eigenvalue weighted by atomic mass is 16.4. The number of aliphatic carboxylic acids is 1. The van der Waals surface area contributed by atoms with Crippen molar-refractivity contribution in [3.05, 3.63) is 0 Å². The molecule has 1 saturated heterocycles. The molecule has 0 aromatic carbocycles. The van der Waals surface area contributed by atoms with Crippen LogP contribution in [0.5, 0.6) is 0 Å². The van der Waals surface area contributed by atoms with Crippen LogP contribution in [0.4, 0.5) is 0 Å². The van der Waals surface area contributed by atoms with Crippen molar-refractivity contribution < 1.29 is 14.7 Å². The highest BCUT2D eigenvalue weighted by molar-refractivity contribution is 5.79. The van der Waals surface area contributed by atoms with Gasteiger partial charge in [-0.25, -0.2) is 0 Å². The molecule has 0 bridgehead atoms. The van der Waals surface area contributed by atoms with E-state index < -0.39 is 5.97 Å².